The molecular formula is C17H31N3O. The van der Waals surface area contributed by atoms with E-state index in [4.69, 9.17) is 0 Å². The maximum absolute atomic E-state index is 12.2. The van der Waals surface area contributed by atoms with E-state index < -0.39 is 0 Å². The number of rotatable bonds is 7. The van der Waals surface area contributed by atoms with Crippen molar-refractivity contribution in [2.24, 2.45) is 0 Å². The van der Waals surface area contributed by atoms with Crippen LogP contribution in [0.1, 0.15) is 55.0 Å². The predicted octanol–water partition coefficient (Wildman–Crippen LogP) is 3.37. The average molecular weight is 293 g/mol. The van der Waals surface area contributed by atoms with Crippen LogP contribution in [0, 0.1) is 13.8 Å². The van der Waals surface area contributed by atoms with Crippen LogP contribution in [-0.4, -0.2) is 42.0 Å². The number of aromatic amines is 1. The van der Waals surface area contributed by atoms with Gasteiger partial charge in [0.25, 0.3) is 5.91 Å². The minimum atomic E-state index is -0.00786. The molecule has 0 radical (unpaired) electrons. The molecule has 1 aromatic heterocycles. The Balaban J connectivity index is 0.00000191. The highest BCUT2D eigenvalue weighted by Crippen LogP contribution is 2.18. The lowest BCUT2D eigenvalue weighted by atomic mass is 10.1. The van der Waals surface area contributed by atoms with Crippen LogP contribution in [0.25, 0.3) is 6.08 Å². The van der Waals surface area contributed by atoms with Gasteiger partial charge in [-0.15, -0.1) is 0 Å². The van der Waals surface area contributed by atoms with Crippen LogP contribution in [0.4, 0.5) is 0 Å². The molecule has 0 saturated carbocycles. The van der Waals surface area contributed by atoms with Crippen LogP contribution in [0.2, 0.25) is 0 Å². The lowest BCUT2D eigenvalue weighted by molar-refractivity contribution is 0.0948. The third-order valence-electron chi connectivity index (χ3n) is 3.52. The van der Waals surface area contributed by atoms with Gasteiger partial charge in [0.15, 0.2) is 0 Å². The molecule has 0 saturated heterocycles. The molecule has 4 nitrogen and oxygen atoms in total. The number of H-pyrrole nitrogens is 1. The summed E-state index contributed by atoms with van der Waals surface area (Å²) in [5.74, 6) is -0.00786. The maximum Gasteiger partial charge on any atom is 0.253 e. The van der Waals surface area contributed by atoms with Gasteiger partial charge in [-0.25, -0.2) is 0 Å². The highest BCUT2D eigenvalue weighted by molar-refractivity contribution is 5.97. The van der Waals surface area contributed by atoms with Crippen LogP contribution < -0.4 is 5.32 Å². The molecule has 0 spiro atoms. The molecule has 1 aromatic rings. The molecule has 0 fully saturated rings. The SMILES string of the molecule is C=Cc1[nH]c(C)c(C(=O)NCCN(CC)CC)c1C.CC. The van der Waals surface area contributed by atoms with Crippen molar-refractivity contribution in [3.63, 3.8) is 0 Å². The second-order valence-corrected chi connectivity index (χ2v) is 4.65. The topological polar surface area (TPSA) is 48.1 Å². The van der Waals surface area contributed by atoms with E-state index in [1.54, 1.807) is 6.08 Å². The van der Waals surface area contributed by atoms with E-state index >= 15 is 0 Å². The fraction of sp³-hybridized carbons (Fsp3) is 0.588. The van der Waals surface area contributed by atoms with Gasteiger partial charge in [-0.2, -0.15) is 0 Å². The molecule has 1 heterocycles. The number of carbonyl (C=O) groups is 1. The van der Waals surface area contributed by atoms with E-state index in [1.165, 1.54) is 0 Å². The Kier molecular flexibility index (Phi) is 9.46. The molecule has 0 aliphatic carbocycles. The summed E-state index contributed by atoms with van der Waals surface area (Å²) in [6.07, 6.45) is 1.75. The number of nitrogens with one attached hydrogen (secondary N) is 2. The molecule has 0 aliphatic heterocycles. The Bertz CT molecular complexity index is 445. The second-order valence-electron chi connectivity index (χ2n) is 4.65. The van der Waals surface area contributed by atoms with Crippen molar-refractivity contribution in [2.75, 3.05) is 26.2 Å². The van der Waals surface area contributed by atoms with Crippen molar-refractivity contribution in [2.45, 2.75) is 41.5 Å². The van der Waals surface area contributed by atoms with Gasteiger partial charge in [0.1, 0.15) is 0 Å². The fourth-order valence-corrected chi connectivity index (χ4v) is 2.27. The normalized spacial score (nSPS) is 10.0. The first-order chi connectivity index (χ1) is 10.0. The van der Waals surface area contributed by atoms with Gasteiger partial charge in [0.2, 0.25) is 0 Å². The lowest BCUT2D eigenvalue weighted by Crippen LogP contribution is -2.35. The Morgan fingerprint density at radius 2 is 1.86 bits per heavy atom. The zero-order chi connectivity index (χ0) is 16.4. The molecule has 1 amide bonds. The molecule has 120 valence electrons. The zero-order valence-corrected chi connectivity index (χ0v) is 14.5. The molecule has 4 heteroatoms. The molecular weight excluding hydrogens is 262 g/mol. The number of aryl methyl sites for hydroxylation is 1. The van der Waals surface area contributed by atoms with Crippen LogP contribution in [0.15, 0.2) is 6.58 Å². The Morgan fingerprint density at radius 3 is 2.29 bits per heavy atom. The van der Waals surface area contributed by atoms with Crippen molar-refractivity contribution < 1.29 is 4.79 Å². The largest absolute Gasteiger partial charge is 0.358 e. The Hall–Kier alpha value is -1.55. The van der Waals surface area contributed by atoms with E-state index in [-0.39, 0.29) is 5.91 Å². The summed E-state index contributed by atoms with van der Waals surface area (Å²) in [5.41, 5.74) is 3.53. The molecule has 0 aromatic carbocycles. The van der Waals surface area contributed by atoms with E-state index in [2.05, 4.69) is 35.6 Å². The quantitative estimate of drug-likeness (QED) is 0.809. The number of hydrogen-bond acceptors (Lipinski definition) is 2. The Labute approximate surface area is 129 Å². The number of amides is 1. The van der Waals surface area contributed by atoms with Gasteiger partial charge >= 0.3 is 0 Å². The minimum absolute atomic E-state index is 0.00786. The number of hydrogen-bond donors (Lipinski definition) is 2. The summed E-state index contributed by atoms with van der Waals surface area (Å²) >= 11 is 0. The van der Waals surface area contributed by atoms with Crippen LogP contribution in [0.5, 0.6) is 0 Å². The van der Waals surface area contributed by atoms with Gasteiger partial charge in [-0.1, -0.05) is 34.3 Å². The first kappa shape index (κ1) is 19.4. The van der Waals surface area contributed by atoms with Gasteiger partial charge in [0.05, 0.1) is 5.56 Å². The van der Waals surface area contributed by atoms with E-state index in [1.807, 2.05) is 27.7 Å². The summed E-state index contributed by atoms with van der Waals surface area (Å²) in [5, 5.41) is 2.98. The van der Waals surface area contributed by atoms with Gasteiger partial charge in [-0.3, -0.25) is 4.79 Å². The molecule has 0 aliphatic rings. The summed E-state index contributed by atoms with van der Waals surface area (Å²) in [4.78, 5) is 17.6. The first-order valence-corrected chi connectivity index (χ1v) is 7.87. The maximum atomic E-state index is 12.2. The molecule has 2 N–H and O–H groups in total. The smallest absolute Gasteiger partial charge is 0.253 e. The van der Waals surface area contributed by atoms with E-state index in [0.29, 0.717) is 6.54 Å². The van der Waals surface area contributed by atoms with E-state index in [0.717, 1.165) is 42.1 Å². The minimum Gasteiger partial charge on any atom is -0.358 e. The highest BCUT2D eigenvalue weighted by atomic mass is 16.1. The van der Waals surface area contributed by atoms with Crippen molar-refractivity contribution in [1.29, 1.82) is 0 Å². The van der Waals surface area contributed by atoms with Gasteiger partial charge < -0.3 is 15.2 Å². The number of likely N-dealkylation sites (N-methyl/N-ethyl adjacent to an activating group) is 1. The van der Waals surface area contributed by atoms with Crippen molar-refractivity contribution in [3.05, 3.63) is 29.1 Å². The number of aromatic nitrogens is 1. The number of nitrogens with zero attached hydrogens (tertiary/aromatic N) is 1. The Morgan fingerprint density at radius 1 is 1.29 bits per heavy atom. The third-order valence-corrected chi connectivity index (χ3v) is 3.52. The van der Waals surface area contributed by atoms with Gasteiger partial charge in [-0.05, 0) is 38.6 Å². The van der Waals surface area contributed by atoms with E-state index in [9.17, 15) is 4.79 Å². The van der Waals surface area contributed by atoms with Crippen LogP contribution in [0.3, 0.4) is 0 Å². The fourth-order valence-electron chi connectivity index (χ4n) is 2.27. The molecule has 0 atom stereocenters. The van der Waals surface area contributed by atoms with Crippen molar-refractivity contribution >= 4 is 12.0 Å². The second kappa shape index (κ2) is 10.2. The molecule has 0 unspecified atom stereocenters. The highest BCUT2D eigenvalue weighted by Gasteiger charge is 2.16. The molecule has 21 heavy (non-hydrogen) atoms. The average Bonchev–Trinajstić information content (AvgIpc) is 2.79. The van der Waals surface area contributed by atoms with Crippen LogP contribution in [-0.2, 0) is 0 Å². The summed E-state index contributed by atoms with van der Waals surface area (Å²) in [6.45, 7) is 19.4. The lowest BCUT2D eigenvalue weighted by Gasteiger charge is -2.18. The zero-order valence-electron chi connectivity index (χ0n) is 14.5. The standard InChI is InChI=1S/C15H25N3O.C2H6/c1-6-13-11(4)14(12(5)17-13)15(19)16-9-10-18(7-2)8-3;1-2/h6,17H,1,7-10H2,2-5H3,(H,16,19);1-2H3. The number of carbonyl (C=O) groups excluding carboxylic acids is 1. The summed E-state index contributed by atoms with van der Waals surface area (Å²) in [6, 6.07) is 0. The molecule has 1 rings (SSSR count). The summed E-state index contributed by atoms with van der Waals surface area (Å²) < 4.78 is 0. The molecule has 0 bridgehead atoms. The monoisotopic (exact) mass is 293 g/mol. The third kappa shape index (κ3) is 5.38. The summed E-state index contributed by atoms with van der Waals surface area (Å²) in [7, 11) is 0. The first-order valence-electron chi connectivity index (χ1n) is 7.87. The van der Waals surface area contributed by atoms with Crippen LogP contribution >= 0.6 is 0 Å². The van der Waals surface area contributed by atoms with Crippen molar-refractivity contribution in [3.8, 4) is 0 Å². The van der Waals surface area contributed by atoms with Gasteiger partial charge in [0, 0.05) is 24.5 Å². The predicted molar refractivity (Wildman–Crippen MR) is 91.8 cm³/mol. The van der Waals surface area contributed by atoms with Crippen molar-refractivity contribution in [1.82, 2.24) is 15.2 Å².